The first-order valence-electron chi connectivity index (χ1n) is 6.72. The van der Waals surface area contributed by atoms with Crippen molar-refractivity contribution in [2.45, 2.75) is 57.9 Å². The predicted molar refractivity (Wildman–Crippen MR) is 79.2 cm³/mol. The molecule has 2 heteroatoms. The van der Waals surface area contributed by atoms with Gasteiger partial charge in [-0.05, 0) is 30.5 Å². The SMILES string of the molecule is CCCCCCCC(N)Cc1ccc(Br)cc1. The minimum Gasteiger partial charge on any atom is -0.327 e. The Morgan fingerprint density at radius 3 is 2.35 bits per heavy atom. The zero-order valence-electron chi connectivity index (χ0n) is 10.8. The second-order valence-electron chi connectivity index (χ2n) is 4.79. The standard InChI is InChI=1S/C15H24BrN/c1-2-3-4-5-6-7-15(17)12-13-8-10-14(16)11-9-13/h8-11,15H,2-7,12,17H2,1H3. The summed E-state index contributed by atoms with van der Waals surface area (Å²) in [4.78, 5) is 0. The molecule has 1 atom stereocenters. The van der Waals surface area contributed by atoms with Crippen LogP contribution < -0.4 is 5.73 Å². The molecule has 1 nitrogen and oxygen atoms in total. The Hall–Kier alpha value is -0.340. The first kappa shape index (κ1) is 14.7. The average molecular weight is 298 g/mol. The van der Waals surface area contributed by atoms with Crippen molar-refractivity contribution in [2.75, 3.05) is 0 Å². The predicted octanol–water partition coefficient (Wildman–Crippen LogP) is 4.68. The maximum atomic E-state index is 6.15. The summed E-state index contributed by atoms with van der Waals surface area (Å²) < 4.78 is 1.13. The van der Waals surface area contributed by atoms with Gasteiger partial charge in [-0.2, -0.15) is 0 Å². The molecule has 1 aromatic rings. The molecule has 1 aromatic carbocycles. The van der Waals surface area contributed by atoms with Crippen LogP contribution in [0.15, 0.2) is 28.7 Å². The molecule has 0 aliphatic rings. The van der Waals surface area contributed by atoms with Crippen LogP contribution in [0, 0.1) is 0 Å². The fourth-order valence-electron chi connectivity index (χ4n) is 2.04. The normalized spacial score (nSPS) is 12.6. The van der Waals surface area contributed by atoms with Gasteiger partial charge in [0.2, 0.25) is 0 Å². The highest BCUT2D eigenvalue weighted by Gasteiger charge is 2.03. The van der Waals surface area contributed by atoms with Crippen LogP contribution in [0.3, 0.4) is 0 Å². The van der Waals surface area contributed by atoms with Crippen LogP contribution in [0.5, 0.6) is 0 Å². The summed E-state index contributed by atoms with van der Waals surface area (Å²) in [5.41, 5.74) is 7.49. The van der Waals surface area contributed by atoms with Gasteiger partial charge in [0, 0.05) is 10.5 Å². The van der Waals surface area contributed by atoms with Gasteiger partial charge in [0.15, 0.2) is 0 Å². The van der Waals surface area contributed by atoms with Crippen LogP contribution in [-0.2, 0) is 6.42 Å². The lowest BCUT2D eigenvalue weighted by Gasteiger charge is -2.11. The molecule has 1 unspecified atom stereocenters. The van der Waals surface area contributed by atoms with Gasteiger partial charge in [-0.25, -0.2) is 0 Å². The Morgan fingerprint density at radius 2 is 1.71 bits per heavy atom. The molecule has 0 spiro atoms. The molecule has 0 bridgehead atoms. The minimum atomic E-state index is 0.317. The molecule has 17 heavy (non-hydrogen) atoms. The van der Waals surface area contributed by atoms with Gasteiger partial charge in [-0.15, -0.1) is 0 Å². The van der Waals surface area contributed by atoms with E-state index in [-0.39, 0.29) is 0 Å². The van der Waals surface area contributed by atoms with E-state index < -0.39 is 0 Å². The van der Waals surface area contributed by atoms with Crippen molar-refractivity contribution >= 4 is 15.9 Å². The van der Waals surface area contributed by atoms with E-state index in [1.54, 1.807) is 0 Å². The third kappa shape index (κ3) is 6.85. The van der Waals surface area contributed by atoms with Crippen molar-refractivity contribution in [3.8, 4) is 0 Å². The summed E-state index contributed by atoms with van der Waals surface area (Å²) in [6.45, 7) is 2.25. The summed E-state index contributed by atoms with van der Waals surface area (Å²) in [5.74, 6) is 0. The van der Waals surface area contributed by atoms with Crippen molar-refractivity contribution in [1.29, 1.82) is 0 Å². The van der Waals surface area contributed by atoms with Crippen LogP contribution >= 0.6 is 15.9 Å². The molecular weight excluding hydrogens is 274 g/mol. The quantitative estimate of drug-likeness (QED) is 0.693. The number of nitrogens with two attached hydrogens (primary N) is 1. The van der Waals surface area contributed by atoms with Crippen LogP contribution in [0.25, 0.3) is 0 Å². The highest BCUT2D eigenvalue weighted by Crippen LogP contribution is 2.13. The van der Waals surface area contributed by atoms with Crippen molar-refractivity contribution in [3.63, 3.8) is 0 Å². The number of halogens is 1. The van der Waals surface area contributed by atoms with E-state index in [1.807, 2.05) is 0 Å². The first-order valence-corrected chi connectivity index (χ1v) is 7.51. The summed E-state index contributed by atoms with van der Waals surface area (Å²) >= 11 is 3.45. The number of hydrogen-bond acceptors (Lipinski definition) is 1. The summed E-state index contributed by atoms with van der Waals surface area (Å²) in [7, 11) is 0. The van der Waals surface area contributed by atoms with Crippen molar-refractivity contribution in [1.82, 2.24) is 0 Å². The average Bonchev–Trinajstić information content (AvgIpc) is 2.32. The lowest BCUT2D eigenvalue weighted by atomic mass is 10.0. The molecule has 96 valence electrons. The van der Waals surface area contributed by atoms with Crippen molar-refractivity contribution < 1.29 is 0 Å². The maximum absolute atomic E-state index is 6.15. The highest BCUT2D eigenvalue weighted by atomic mass is 79.9. The third-order valence-corrected chi connectivity index (χ3v) is 3.62. The van der Waals surface area contributed by atoms with E-state index in [9.17, 15) is 0 Å². The highest BCUT2D eigenvalue weighted by molar-refractivity contribution is 9.10. The number of hydrogen-bond donors (Lipinski definition) is 1. The maximum Gasteiger partial charge on any atom is 0.0175 e. The molecule has 0 aromatic heterocycles. The van der Waals surface area contributed by atoms with E-state index in [2.05, 4.69) is 47.1 Å². The molecule has 2 N–H and O–H groups in total. The zero-order chi connectivity index (χ0) is 12.5. The summed E-state index contributed by atoms with van der Waals surface area (Å²) in [6.07, 6.45) is 8.80. The minimum absolute atomic E-state index is 0.317. The largest absolute Gasteiger partial charge is 0.327 e. The van der Waals surface area contributed by atoms with E-state index >= 15 is 0 Å². The Morgan fingerprint density at radius 1 is 1.06 bits per heavy atom. The molecular formula is C15H24BrN. The molecule has 0 amide bonds. The molecule has 0 aliphatic carbocycles. The summed E-state index contributed by atoms with van der Waals surface area (Å²) in [6, 6.07) is 8.80. The van der Waals surface area contributed by atoms with Crippen LogP contribution in [-0.4, -0.2) is 6.04 Å². The second-order valence-corrected chi connectivity index (χ2v) is 5.71. The van der Waals surface area contributed by atoms with Crippen LogP contribution in [0.4, 0.5) is 0 Å². The van der Waals surface area contributed by atoms with Gasteiger partial charge in [0.1, 0.15) is 0 Å². The Balaban J connectivity index is 2.16. The Labute approximate surface area is 114 Å². The number of unbranched alkanes of at least 4 members (excludes halogenated alkanes) is 4. The van der Waals surface area contributed by atoms with Gasteiger partial charge >= 0.3 is 0 Å². The smallest absolute Gasteiger partial charge is 0.0175 e. The topological polar surface area (TPSA) is 26.0 Å². The first-order chi connectivity index (χ1) is 8.22. The van der Waals surface area contributed by atoms with Crippen LogP contribution in [0.1, 0.15) is 51.0 Å². The lowest BCUT2D eigenvalue weighted by molar-refractivity contribution is 0.538. The lowest BCUT2D eigenvalue weighted by Crippen LogP contribution is -2.22. The Kier molecular flexibility index (Phi) is 7.54. The van der Waals surface area contributed by atoms with E-state index in [1.165, 1.54) is 37.7 Å². The van der Waals surface area contributed by atoms with Crippen LogP contribution in [0.2, 0.25) is 0 Å². The van der Waals surface area contributed by atoms with Crippen molar-refractivity contribution in [3.05, 3.63) is 34.3 Å². The Bertz CT molecular complexity index is 294. The van der Waals surface area contributed by atoms with E-state index in [0.717, 1.165) is 17.3 Å². The van der Waals surface area contributed by atoms with Gasteiger partial charge < -0.3 is 5.73 Å². The molecule has 1 rings (SSSR count). The fraction of sp³-hybridized carbons (Fsp3) is 0.600. The fourth-order valence-corrected chi connectivity index (χ4v) is 2.30. The van der Waals surface area contributed by atoms with Gasteiger partial charge in [-0.1, -0.05) is 67.1 Å². The van der Waals surface area contributed by atoms with Gasteiger partial charge in [0.05, 0.1) is 0 Å². The number of rotatable bonds is 8. The molecule has 0 saturated heterocycles. The third-order valence-electron chi connectivity index (χ3n) is 3.09. The van der Waals surface area contributed by atoms with Crippen molar-refractivity contribution in [2.24, 2.45) is 5.73 Å². The molecule has 0 heterocycles. The second kappa shape index (κ2) is 8.71. The molecule has 0 aliphatic heterocycles. The molecule has 0 radical (unpaired) electrons. The summed E-state index contributed by atoms with van der Waals surface area (Å²) in [5, 5.41) is 0. The molecule has 0 saturated carbocycles. The molecule has 0 fully saturated rings. The van der Waals surface area contributed by atoms with Gasteiger partial charge in [0.25, 0.3) is 0 Å². The monoisotopic (exact) mass is 297 g/mol. The number of benzene rings is 1. The van der Waals surface area contributed by atoms with Gasteiger partial charge in [-0.3, -0.25) is 0 Å². The zero-order valence-corrected chi connectivity index (χ0v) is 12.4. The van der Waals surface area contributed by atoms with E-state index in [0.29, 0.717) is 6.04 Å². The van der Waals surface area contributed by atoms with E-state index in [4.69, 9.17) is 5.73 Å².